The Morgan fingerprint density at radius 3 is 2.80 bits per heavy atom. The van der Waals surface area contributed by atoms with Crippen LogP contribution in [0.4, 0.5) is 0 Å². The Kier molecular flexibility index (Phi) is 4.78. The molecule has 1 rings (SSSR count). The third-order valence-corrected chi connectivity index (χ3v) is 2.23. The lowest BCUT2D eigenvalue weighted by molar-refractivity contribution is 0.181. The summed E-state index contributed by atoms with van der Waals surface area (Å²) in [7, 11) is 1.69. The molecule has 0 unspecified atom stereocenters. The van der Waals surface area contributed by atoms with E-state index >= 15 is 0 Å². The Hall–Kier alpha value is -0.870. The number of aryl methyl sites for hydroxylation is 1. The topological polar surface area (TPSA) is 49.9 Å². The van der Waals surface area contributed by atoms with Crippen molar-refractivity contribution in [1.82, 2.24) is 15.3 Å². The van der Waals surface area contributed by atoms with Crippen molar-refractivity contribution in [3.8, 4) is 0 Å². The summed E-state index contributed by atoms with van der Waals surface area (Å²) in [6.07, 6.45) is 0.933. The predicted molar refractivity (Wildman–Crippen MR) is 60.9 cm³/mol. The van der Waals surface area contributed by atoms with Gasteiger partial charge in [0.15, 0.2) is 0 Å². The lowest BCUT2D eigenvalue weighted by Crippen LogP contribution is -2.25. The van der Waals surface area contributed by atoms with Crippen molar-refractivity contribution < 1.29 is 4.74 Å². The van der Waals surface area contributed by atoms with Gasteiger partial charge in [0.25, 0.3) is 0 Å². The smallest absolute Gasteiger partial charge is 0.107 e. The fraction of sp³-hybridized carbons (Fsp3) is 0.727. The standard InChI is InChI=1S/C11H21N3O/c1-8(2)12-6-5-11-13-9(3)10(14-11)7-15-4/h8,12H,5-7H2,1-4H3,(H,13,14). The van der Waals surface area contributed by atoms with Crippen LogP contribution in [-0.4, -0.2) is 29.7 Å². The van der Waals surface area contributed by atoms with Gasteiger partial charge in [-0.25, -0.2) is 4.98 Å². The molecule has 0 bridgehead atoms. The Bertz CT molecular complexity index is 294. The van der Waals surface area contributed by atoms with Crippen LogP contribution in [0.25, 0.3) is 0 Å². The first-order valence-corrected chi connectivity index (χ1v) is 5.40. The summed E-state index contributed by atoms with van der Waals surface area (Å²) in [4.78, 5) is 7.75. The maximum atomic E-state index is 5.07. The highest BCUT2D eigenvalue weighted by molar-refractivity contribution is 5.12. The molecule has 0 aromatic carbocycles. The molecule has 0 saturated heterocycles. The van der Waals surface area contributed by atoms with E-state index in [0.29, 0.717) is 12.6 Å². The van der Waals surface area contributed by atoms with Gasteiger partial charge in [-0.3, -0.25) is 0 Å². The van der Waals surface area contributed by atoms with Gasteiger partial charge in [-0.05, 0) is 6.92 Å². The number of imidazole rings is 1. The molecule has 4 nitrogen and oxygen atoms in total. The molecular formula is C11H21N3O. The van der Waals surface area contributed by atoms with E-state index < -0.39 is 0 Å². The van der Waals surface area contributed by atoms with Gasteiger partial charge in [-0.2, -0.15) is 0 Å². The fourth-order valence-electron chi connectivity index (χ4n) is 1.44. The molecule has 4 heteroatoms. The van der Waals surface area contributed by atoms with Crippen LogP contribution in [0.3, 0.4) is 0 Å². The number of nitrogens with one attached hydrogen (secondary N) is 2. The molecule has 0 atom stereocenters. The monoisotopic (exact) mass is 211 g/mol. The number of nitrogens with zero attached hydrogens (tertiary/aromatic N) is 1. The van der Waals surface area contributed by atoms with Crippen molar-refractivity contribution in [1.29, 1.82) is 0 Å². The van der Waals surface area contributed by atoms with Crippen molar-refractivity contribution in [3.63, 3.8) is 0 Å². The molecular weight excluding hydrogens is 190 g/mol. The third-order valence-electron chi connectivity index (χ3n) is 2.23. The zero-order valence-corrected chi connectivity index (χ0v) is 10.1. The van der Waals surface area contributed by atoms with Crippen molar-refractivity contribution in [3.05, 3.63) is 17.2 Å². The minimum atomic E-state index is 0.527. The van der Waals surface area contributed by atoms with Gasteiger partial charge in [-0.1, -0.05) is 13.8 Å². The molecule has 2 N–H and O–H groups in total. The van der Waals surface area contributed by atoms with Gasteiger partial charge in [0.05, 0.1) is 12.3 Å². The van der Waals surface area contributed by atoms with E-state index in [0.717, 1.165) is 30.2 Å². The SMILES string of the molecule is COCc1nc(CCNC(C)C)[nH]c1C. The van der Waals surface area contributed by atoms with Crippen LogP contribution >= 0.6 is 0 Å². The van der Waals surface area contributed by atoms with Crippen LogP contribution < -0.4 is 5.32 Å². The number of hydrogen-bond acceptors (Lipinski definition) is 3. The first-order valence-electron chi connectivity index (χ1n) is 5.40. The highest BCUT2D eigenvalue weighted by Crippen LogP contribution is 2.06. The number of ether oxygens (including phenoxy) is 1. The molecule has 0 fully saturated rings. The van der Waals surface area contributed by atoms with Crippen LogP contribution in [0.5, 0.6) is 0 Å². The molecule has 0 aliphatic rings. The highest BCUT2D eigenvalue weighted by atomic mass is 16.5. The predicted octanol–water partition coefficient (Wildman–Crippen LogP) is 1.41. The molecule has 1 heterocycles. The van der Waals surface area contributed by atoms with Gasteiger partial charge in [0.2, 0.25) is 0 Å². The molecule has 0 saturated carbocycles. The van der Waals surface area contributed by atoms with E-state index in [9.17, 15) is 0 Å². The average Bonchev–Trinajstić information content (AvgIpc) is 2.47. The highest BCUT2D eigenvalue weighted by Gasteiger charge is 2.05. The summed E-state index contributed by atoms with van der Waals surface area (Å²) >= 11 is 0. The quantitative estimate of drug-likeness (QED) is 0.748. The largest absolute Gasteiger partial charge is 0.378 e. The molecule has 86 valence electrons. The van der Waals surface area contributed by atoms with Crippen LogP contribution in [0.1, 0.15) is 31.1 Å². The van der Waals surface area contributed by atoms with Crippen LogP contribution in [-0.2, 0) is 17.8 Å². The van der Waals surface area contributed by atoms with Crippen LogP contribution in [0.2, 0.25) is 0 Å². The maximum absolute atomic E-state index is 5.07. The lowest BCUT2D eigenvalue weighted by atomic mass is 10.3. The second-order valence-corrected chi connectivity index (χ2v) is 4.05. The van der Waals surface area contributed by atoms with E-state index in [-0.39, 0.29) is 0 Å². The first-order chi connectivity index (χ1) is 7.13. The summed E-state index contributed by atoms with van der Waals surface area (Å²) in [5.41, 5.74) is 2.12. The second kappa shape index (κ2) is 5.88. The number of H-pyrrole nitrogens is 1. The summed E-state index contributed by atoms with van der Waals surface area (Å²) in [5, 5.41) is 3.36. The molecule has 0 spiro atoms. The lowest BCUT2D eigenvalue weighted by Gasteiger charge is -2.05. The molecule has 1 aromatic heterocycles. The Morgan fingerprint density at radius 2 is 2.20 bits per heavy atom. The van der Waals surface area contributed by atoms with E-state index in [2.05, 4.69) is 29.1 Å². The van der Waals surface area contributed by atoms with Gasteiger partial charge in [0, 0.05) is 31.8 Å². The zero-order valence-electron chi connectivity index (χ0n) is 10.1. The number of aromatic nitrogens is 2. The Morgan fingerprint density at radius 1 is 1.47 bits per heavy atom. The van der Waals surface area contributed by atoms with Crippen molar-refractivity contribution in [2.45, 2.75) is 39.8 Å². The molecule has 0 aliphatic carbocycles. The van der Waals surface area contributed by atoms with E-state index in [4.69, 9.17) is 4.74 Å². The number of hydrogen-bond donors (Lipinski definition) is 2. The Labute approximate surface area is 91.4 Å². The Balaban J connectivity index is 2.44. The van der Waals surface area contributed by atoms with Gasteiger partial charge < -0.3 is 15.0 Å². The van der Waals surface area contributed by atoms with Gasteiger partial charge in [0.1, 0.15) is 5.82 Å². The molecule has 0 radical (unpaired) electrons. The molecule has 1 aromatic rings. The maximum Gasteiger partial charge on any atom is 0.107 e. The summed E-state index contributed by atoms with van der Waals surface area (Å²) in [6.45, 7) is 7.85. The van der Waals surface area contributed by atoms with Gasteiger partial charge in [-0.15, -0.1) is 0 Å². The van der Waals surface area contributed by atoms with Crippen molar-refractivity contribution >= 4 is 0 Å². The second-order valence-electron chi connectivity index (χ2n) is 4.05. The van der Waals surface area contributed by atoms with Gasteiger partial charge >= 0.3 is 0 Å². The first kappa shape index (κ1) is 12.2. The summed E-state index contributed by atoms with van der Waals surface area (Å²) < 4.78 is 5.07. The third kappa shape index (κ3) is 4.01. The van der Waals surface area contributed by atoms with E-state index in [1.54, 1.807) is 7.11 Å². The average molecular weight is 211 g/mol. The number of methoxy groups -OCH3 is 1. The number of aromatic amines is 1. The molecule has 15 heavy (non-hydrogen) atoms. The fourth-order valence-corrected chi connectivity index (χ4v) is 1.44. The summed E-state index contributed by atoms with van der Waals surface area (Å²) in [6, 6.07) is 0.527. The minimum Gasteiger partial charge on any atom is -0.378 e. The normalized spacial score (nSPS) is 11.3. The van der Waals surface area contributed by atoms with E-state index in [1.807, 2.05) is 6.92 Å². The van der Waals surface area contributed by atoms with Crippen molar-refractivity contribution in [2.75, 3.05) is 13.7 Å². The van der Waals surface area contributed by atoms with Crippen LogP contribution in [0, 0.1) is 6.92 Å². The number of rotatable bonds is 6. The summed E-state index contributed by atoms with van der Waals surface area (Å²) in [5.74, 6) is 1.03. The van der Waals surface area contributed by atoms with Crippen molar-refractivity contribution in [2.24, 2.45) is 0 Å². The van der Waals surface area contributed by atoms with E-state index in [1.165, 1.54) is 0 Å². The minimum absolute atomic E-state index is 0.527. The molecule has 0 aliphatic heterocycles. The molecule has 0 amide bonds. The zero-order chi connectivity index (χ0) is 11.3. The van der Waals surface area contributed by atoms with Crippen LogP contribution in [0.15, 0.2) is 0 Å².